The van der Waals surface area contributed by atoms with Crippen molar-refractivity contribution in [3.63, 3.8) is 0 Å². The van der Waals surface area contributed by atoms with Crippen molar-refractivity contribution in [1.29, 1.82) is 0 Å². The number of benzene rings is 1. The molecule has 1 aliphatic rings. The van der Waals surface area contributed by atoms with Gasteiger partial charge in [-0.1, -0.05) is 17.3 Å². The molecule has 4 rings (SSSR count). The molecule has 0 spiro atoms. The number of pyridine rings is 1. The van der Waals surface area contributed by atoms with Gasteiger partial charge in [-0.05, 0) is 24.3 Å². The molecule has 26 heavy (non-hydrogen) atoms. The molecule has 132 valence electrons. The van der Waals surface area contributed by atoms with Crippen molar-refractivity contribution in [2.24, 2.45) is 0 Å². The lowest BCUT2D eigenvalue weighted by molar-refractivity contribution is -0.140. The third kappa shape index (κ3) is 3.21. The number of rotatable bonds is 4. The molecule has 1 atom stereocenters. The molecule has 1 amide bonds. The first kappa shape index (κ1) is 16.1. The zero-order valence-electron chi connectivity index (χ0n) is 14.0. The molecule has 8 nitrogen and oxygen atoms in total. The van der Waals surface area contributed by atoms with Crippen LogP contribution in [-0.4, -0.2) is 45.7 Å². The molecule has 1 aliphatic heterocycles. The minimum atomic E-state index is -0.712. The standard InChI is InChI=1S/C18H16N4O4/c1-22(10-16-20-17(21-26-16)12-5-4-8-19-9-12)18(23)15-11-24-13-6-2-3-7-14(13)25-15/h2-9,15H,10-11H2,1H3/t15-/m1/s1. The van der Waals surface area contributed by atoms with Gasteiger partial charge in [0.05, 0.1) is 6.54 Å². The van der Waals surface area contributed by atoms with Gasteiger partial charge in [0, 0.05) is 25.0 Å². The second-order valence-electron chi connectivity index (χ2n) is 5.81. The molecule has 1 aromatic carbocycles. The average molecular weight is 352 g/mol. The third-order valence-electron chi connectivity index (χ3n) is 3.92. The number of likely N-dealkylation sites (N-methyl/N-ethyl adjacent to an activating group) is 1. The van der Waals surface area contributed by atoms with Crippen LogP contribution in [0.3, 0.4) is 0 Å². The molecule has 3 heterocycles. The van der Waals surface area contributed by atoms with Gasteiger partial charge >= 0.3 is 0 Å². The van der Waals surface area contributed by atoms with Crippen molar-refractivity contribution in [2.75, 3.05) is 13.7 Å². The van der Waals surface area contributed by atoms with Crippen molar-refractivity contribution >= 4 is 5.91 Å². The molecular formula is C18H16N4O4. The van der Waals surface area contributed by atoms with Gasteiger partial charge in [-0.3, -0.25) is 9.78 Å². The summed E-state index contributed by atoms with van der Waals surface area (Å²) in [7, 11) is 1.65. The third-order valence-corrected chi connectivity index (χ3v) is 3.92. The first-order chi connectivity index (χ1) is 12.7. The van der Waals surface area contributed by atoms with Crippen LogP contribution < -0.4 is 9.47 Å². The van der Waals surface area contributed by atoms with Crippen LogP contribution in [0.25, 0.3) is 11.4 Å². The first-order valence-corrected chi connectivity index (χ1v) is 8.07. The van der Waals surface area contributed by atoms with Crippen LogP contribution in [0.15, 0.2) is 53.3 Å². The van der Waals surface area contributed by atoms with E-state index in [0.29, 0.717) is 23.2 Å². The van der Waals surface area contributed by atoms with Gasteiger partial charge in [-0.2, -0.15) is 4.98 Å². The Hall–Kier alpha value is -3.42. The van der Waals surface area contributed by atoms with Gasteiger partial charge < -0.3 is 18.9 Å². The topological polar surface area (TPSA) is 90.6 Å². The quantitative estimate of drug-likeness (QED) is 0.708. The summed E-state index contributed by atoms with van der Waals surface area (Å²) < 4.78 is 16.6. The highest BCUT2D eigenvalue weighted by Crippen LogP contribution is 2.31. The zero-order chi connectivity index (χ0) is 17.9. The number of nitrogens with zero attached hydrogens (tertiary/aromatic N) is 4. The number of ether oxygens (including phenoxy) is 2. The molecular weight excluding hydrogens is 336 g/mol. The Labute approximate surface area is 149 Å². The van der Waals surface area contributed by atoms with E-state index >= 15 is 0 Å². The molecule has 0 fully saturated rings. The Balaban J connectivity index is 1.42. The van der Waals surface area contributed by atoms with Crippen LogP contribution in [0.2, 0.25) is 0 Å². The molecule has 0 unspecified atom stereocenters. The van der Waals surface area contributed by atoms with Gasteiger partial charge in [0.15, 0.2) is 11.5 Å². The molecule has 0 saturated heterocycles. The van der Waals surface area contributed by atoms with E-state index in [4.69, 9.17) is 14.0 Å². The maximum absolute atomic E-state index is 12.6. The van der Waals surface area contributed by atoms with E-state index in [9.17, 15) is 4.79 Å². The fraction of sp³-hybridized carbons (Fsp3) is 0.222. The highest BCUT2D eigenvalue weighted by atomic mass is 16.6. The normalized spacial score (nSPS) is 15.5. The summed E-state index contributed by atoms with van der Waals surface area (Å²) in [5.41, 5.74) is 0.747. The minimum Gasteiger partial charge on any atom is -0.485 e. The van der Waals surface area contributed by atoms with E-state index in [1.807, 2.05) is 18.2 Å². The maximum Gasteiger partial charge on any atom is 0.267 e. The summed E-state index contributed by atoms with van der Waals surface area (Å²) in [6.07, 6.45) is 2.60. The summed E-state index contributed by atoms with van der Waals surface area (Å²) >= 11 is 0. The summed E-state index contributed by atoms with van der Waals surface area (Å²) in [4.78, 5) is 22.4. The second kappa shape index (κ2) is 6.83. The van der Waals surface area contributed by atoms with Crippen molar-refractivity contribution in [3.05, 3.63) is 54.7 Å². The Kier molecular flexibility index (Phi) is 4.22. The number of amides is 1. The molecule has 0 bridgehead atoms. The lowest BCUT2D eigenvalue weighted by atomic mass is 10.2. The van der Waals surface area contributed by atoms with Gasteiger partial charge in [0.2, 0.25) is 17.8 Å². The number of aromatic nitrogens is 3. The fourth-order valence-electron chi connectivity index (χ4n) is 2.60. The largest absolute Gasteiger partial charge is 0.485 e. The number of hydrogen-bond donors (Lipinski definition) is 0. The smallest absolute Gasteiger partial charge is 0.267 e. The maximum atomic E-state index is 12.6. The summed E-state index contributed by atoms with van der Waals surface area (Å²) in [5.74, 6) is 1.73. The molecule has 2 aromatic heterocycles. The van der Waals surface area contributed by atoms with E-state index in [1.54, 1.807) is 37.6 Å². The average Bonchev–Trinajstić information content (AvgIpc) is 3.16. The zero-order valence-corrected chi connectivity index (χ0v) is 14.0. The Morgan fingerprint density at radius 3 is 2.88 bits per heavy atom. The molecule has 0 aliphatic carbocycles. The number of para-hydroxylation sites is 2. The van der Waals surface area contributed by atoms with Crippen LogP contribution in [0, 0.1) is 0 Å². The molecule has 3 aromatic rings. The van der Waals surface area contributed by atoms with Crippen molar-refractivity contribution < 1.29 is 18.8 Å². The summed E-state index contributed by atoms with van der Waals surface area (Å²) in [6.45, 7) is 0.332. The summed E-state index contributed by atoms with van der Waals surface area (Å²) in [6, 6.07) is 10.9. The number of fused-ring (bicyclic) bond motifs is 1. The van der Waals surface area contributed by atoms with E-state index in [0.717, 1.165) is 5.56 Å². The van der Waals surface area contributed by atoms with Crippen LogP contribution in [0.1, 0.15) is 5.89 Å². The lowest BCUT2D eigenvalue weighted by Gasteiger charge is -2.28. The Morgan fingerprint density at radius 1 is 1.23 bits per heavy atom. The fourth-order valence-corrected chi connectivity index (χ4v) is 2.60. The number of carbonyl (C=O) groups is 1. The van der Waals surface area contributed by atoms with Gasteiger partial charge in [0.1, 0.15) is 6.61 Å². The number of hydrogen-bond acceptors (Lipinski definition) is 7. The molecule has 0 N–H and O–H groups in total. The van der Waals surface area contributed by atoms with E-state index in [2.05, 4.69) is 15.1 Å². The van der Waals surface area contributed by atoms with Gasteiger partial charge in [-0.15, -0.1) is 0 Å². The predicted octanol–water partition coefficient (Wildman–Crippen LogP) is 1.93. The molecule has 0 saturated carbocycles. The van der Waals surface area contributed by atoms with Crippen molar-refractivity contribution in [2.45, 2.75) is 12.6 Å². The molecule has 8 heteroatoms. The van der Waals surface area contributed by atoms with E-state index in [-0.39, 0.29) is 19.1 Å². The number of carbonyl (C=O) groups excluding carboxylic acids is 1. The van der Waals surface area contributed by atoms with Crippen LogP contribution in [0.5, 0.6) is 11.5 Å². The Bertz CT molecular complexity index is 912. The lowest BCUT2D eigenvalue weighted by Crippen LogP contribution is -2.44. The SMILES string of the molecule is CN(Cc1nc(-c2cccnc2)no1)C(=O)[C@H]1COc2ccccc2O1. The first-order valence-electron chi connectivity index (χ1n) is 8.07. The van der Waals surface area contributed by atoms with Gasteiger partial charge in [-0.25, -0.2) is 0 Å². The highest BCUT2D eigenvalue weighted by molar-refractivity contribution is 5.81. The van der Waals surface area contributed by atoms with E-state index in [1.165, 1.54) is 4.90 Å². The van der Waals surface area contributed by atoms with Crippen molar-refractivity contribution in [1.82, 2.24) is 20.0 Å². The molecule has 0 radical (unpaired) electrons. The summed E-state index contributed by atoms with van der Waals surface area (Å²) in [5, 5.41) is 3.92. The van der Waals surface area contributed by atoms with Crippen LogP contribution >= 0.6 is 0 Å². The monoisotopic (exact) mass is 352 g/mol. The minimum absolute atomic E-state index is 0.158. The Morgan fingerprint density at radius 2 is 2.08 bits per heavy atom. The highest BCUT2D eigenvalue weighted by Gasteiger charge is 2.30. The predicted molar refractivity (Wildman–Crippen MR) is 90.4 cm³/mol. The van der Waals surface area contributed by atoms with E-state index < -0.39 is 6.10 Å². The van der Waals surface area contributed by atoms with Crippen molar-refractivity contribution in [3.8, 4) is 22.9 Å². The van der Waals surface area contributed by atoms with Gasteiger partial charge in [0.25, 0.3) is 5.91 Å². The van der Waals surface area contributed by atoms with Crippen LogP contribution in [-0.2, 0) is 11.3 Å². The van der Waals surface area contributed by atoms with Crippen LogP contribution in [0.4, 0.5) is 0 Å². The second-order valence-corrected chi connectivity index (χ2v) is 5.81.